The average Bonchev–Trinajstić information content (AvgIpc) is 2.90. The van der Waals surface area contributed by atoms with Crippen LogP contribution < -0.4 is 5.32 Å². The Morgan fingerprint density at radius 1 is 1.30 bits per heavy atom. The Morgan fingerprint density at radius 2 is 2.17 bits per heavy atom. The van der Waals surface area contributed by atoms with E-state index in [0.29, 0.717) is 5.41 Å². The van der Waals surface area contributed by atoms with Gasteiger partial charge in [-0.25, -0.2) is 0 Å². The normalized spacial score (nSPS) is 33.3. The smallest absolute Gasteiger partial charge is 0.193 e. The number of rotatable bonds is 2. The Balaban J connectivity index is 1.19. The Morgan fingerprint density at radius 3 is 2.91 bits per heavy atom. The molecular formula is C20H27N3. The zero-order valence-corrected chi connectivity index (χ0v) is 14.1. The summed E-state index contributed by atoms with van der Waals surface area (Å²) in [6, 6.07) is 9.04. The van der Waals surface area contributed by atoms with Crippen LogP contribution in [0.2, 0.25) is 0 Å². The molecule has 122 valence electrons. The number of guanidine groups is 1. The van der Waals surface area contributed by atoms with E-state index in [-0.39, 0.29) is 0 Å². The van der Waals surface area contributed by atoms with Crippen LogP contribution in [0.1, 0.15) is 42.7 Å². The van der Waals surface area contributed by atoms with Gasteiger partial charge in [0.2, 0.25) is 0 Å². The van der Waals surface area contributed by atoms with Crippen molar-refractivity contribution in [3.63, 3.8) is 0 Å². The second kappa shape index (κ2) is 4.99. The van der Waals surface area contributed by atoms with Crippen LogP contribution in [0, 0.1) is 17.3 Å². The van der Waals surface area contributed by atoms with Gasteiger partial charge in [-0.2, -0.15) is 0 Å². The van der Waals surface area contributed by atoms with Crippen LogP contribution in [0.5, 0.6) is 0 Å². The first-order valence-electron chi connectivity index (χ1n) is 9.33. The third kappa shape index (κ3) is 2.12. The molecule has 3 unspecified atom stereocenters. The van der Waals surface area contributed by atoms with Gasteiger partial charge in [0.25, 0.3) is 0 Å². The number of nitrogens with one attached hydrogen (secondary N) is 1. The minimum Gasteiger partial charge on any atom is -0.356 e. The summed E-state index contributed by atoms with van der Waals surface area (Å²) >= 11 is 0. The maximum atomic E-state index is 4.56. The van der Waals surface area contributed by atoms with Crippen molar-refractivity contribution in [3.05, 3.63) is 35.4 Å². The summed E-state index contributed by atoms with van der Waals surface area (Å²) in [4.78, 5) is 7.07. The highest BCUT2D eigenvalue weighted by atomic mass is 15.3. The summed E-state index contributed by atoms with van der Waals surface area (Å²) < 4.78 is 0. The van der Waals surface area contributed by atoms with E-state index in [9.17, 15) is 0 Å². The number of aliphatic imine (C=N–C) groups is 1. The van der Waals surface area contributed by atoms with E-state index in [1.54, 1.807) is 11.1 Å². The van der Waals surface area contributed by atoms with E-state index in [0.717, 1.165) is 30.3 Å². The first-order chi connectivity index (χ1) is 11.3. The first kappa shape index (κ1) is 13.9. The molecule has 4 aliphatic rings. The Kier molecular flexibility index (Phi) is 3.01. The molecule has 0 amide bonds. The SMILES string of the molecule is CN=C(NCC1C2Cc3ccccc3C12)N1CCC2(CCC2)C1. The van der Waals surface area contributed by atoms with Crippen molar-refractivity contribution in [3.8, 4) is 0 Å². The first-order valence-corrected chi connectivity index (χ1v) is 9.33. The van der Waals surface area contributed by atoms with Gasteiger partial charge in [0, 0.05) is 26.7 Å². The van der Waals surface area contributed by atoms with Crippen molar-refractivity contribution in [2.75, 3.05) is 26.7 Å². The number of hydrogen-bond acceptors (Lipinski definition) is 1. The molecule has 5 rings (SSSR count). The number of nitrogens with zero attached hydrogens (tertiary/aromatic N) is 2. The van der Waals surface area contributed by atoms with Crippen molar-refractivity contribution in [2.24, 2.45) is 22.2 Å². The predicted molar refractivity (Wildman–Crippen MR) is 93.7 cm³/mol. The van der Waals surface area contributed by atoms with Crippen LogP contribution in [0.4, 0.5) is 0 Å². The summed E-state index contributed by atoms with van der Waals surface area (Å²) in [5, 5.41) is 3.69. The fraction of sp³-hybridized carbons (Fsp3) is 0.650. The lowest BCUT2D eigenvalue weighted by atomic mass is 9.68. The molecule has 0 aromatic heterocycles. The molecule has 1 N–H and O–H groups in total. The zero-order chi connectivity index (χ0) is 15.4. The average molecular weight is 309 g/mol. The molecule has 23 heavy (non-hydrogen) atoms. The maximum Gasteiger partial charge on any atom is 0.193 e. The third-order valence-corrected chi connectivity index (χ3v) is 7.06. The van der Waals surface area contributed by atoms with Gasteiger partial charge in [-0.1, -0.05) is 30.7 Å². The summed E-state index contributed by atoms with van der Waals surface area (Å²) in [5.74, 6) is 3.66. The van der Waals surface area contributed by atoms with Crippen molar-refractivity contribution in [1.29, 1.82) is 0 Å². The van der Waals surface area contributed by atoms with Gasteiger partial charge in [-0.05, 0) is 60.0 Å². The van der Waals surface area contributed by atoms with Gasteiger partial charge in [0.05, 0.1) is 0 Å². The molecule has 0 bridgehead atoms. The second-order valence-electron chi connectivity index (χ2n) is 8.21. The van der Waals surface area contributed by atoms with Gasteiger partial charge in [-0.3, -0.25) is 4.99 Å². The Bertz CT molecular complexity index is 646. The third-order valence-electron chi connectivity index (χ3n) is 7.06. The fourth-order valence-electron chi connectivity index (χ4n) is 5.50. The van der Waals surface area contributed by atoms with Crippen LogP contribution in [-0.2, 0) is 6.42 Å². The van der Waals surface area contributed by atoms with Crippen molar-refractivity contribution in [1.82, 2.24) is 10.2 Å². The molecule has 3 heteroatoms. The largest absolute Gasteiger partial charge is 0.356 e. The summed E-state index contributed by atoms with van der Waals surface area (Å²) in [5.41, 5.74) is 3.86. The highest BCUT2D eigenvalue weighted by Gasteiger charge is 2.55. The van der Waals surface area contributed by atoms with Crippen LogP contribution in [-0.4, -0.2) is 37.5 Å². The topological polar surface area (TPSA) is 27.6 Å². The molecule has 3 atom stereocenters. The van der Waals surface area contributed by atoms with E-state index in [1.807, 2.05) is 7.05 Å². The van der Waals surface area contributed by atoms with Gasteiger partial charge >= 0.3 is 0 Å². The minimum atomic E-state index is 0.645. The van der Waals surface area contributed by atoms with E-state index in [2.05, 4.69) is 39.5 Å². The monoisotopic (exact) mass is 309 g/mol. The molecule has 1 aromatic rings. The molecule has 1 saturated heterocycles. The fourth-order valence-corrected chi connectivity index (χ4v) is 5.50. The van der Waals surface area contributed by atoms with Gasteiger partial charge < -0.3 is 10.2 Å². The van der Waals surface area contributed by atoms with E-state index >= 15 is 0 Å². The number of likely N-dealkylation sites (tertiary alicyclic amines) is 1. The van der Waals surface area contributed by atoms with Gasteiger partial charge in [0.15, 0.2) is 5.96 Å². The summed E-state index contributed by atoms with van der Waals surface area (Å²) in [7, 11) is 1.94. The van der Waals surface area contributed by atoms with Crippen molar-refractivity contribution < 1.29 is 0 Å². The molecule has 1 aromatic carbocycles. The molecule has 3 nitrogen and oxygen atoms in total. The predicted octanol–water partition coefficient (Wildman–Crippen LogP) is 3.02. The zero-order valence-electron chi connectivity index (χ0n) is 14.1. The summed E-state index contributed by atoms with van der Waals surface area (Å²) in [6.45, 7) is 3.52. The molecule has 1 heterocycles. The Hall–Kier alpha value is -1.51. The number of hydrogen-bond donors (Lipinski definition) is 1. The maximum absolute atomic E-state index is 4.56. The van der Waals surface area contributed by atoms with Crippen LogP contribution in [0.25, 0.3) is 0 Å². The van der Waals surface area contributed by atoms with Crippen LogP contribution >= 0.6 is 0 Å². The number of fused-ring (bicyclic) bond motifs is 3. The Labute approximate surface area is 139 Å². The summed E-state index contributed by atoms with van der Waals surface area (Å²) in [6.07, 6.45) is 6.97. The van der Waals surface area contributed by atoms with Gasteiger partial charge in [-0.15, -0.1) is 0 Å². The highest BCUT2D eigenvalue weighted by Crippen LogP contribution is 2.61. The van der Waals surface area contributed by atoms with Crippen molar-refractivity contribution >= 4 is 5.96 Å². The second-order valence-corrected chi connectivity index (χ2v) is 8.21. The lowest BCUT2D eigenvalue weighted by molar-refractivity contribution is 0.151. The minimum absolute atomic E-state index is 0.645. The lowest BCUT2D eigenvalue weighted by Crippen LogP contribution is -2.43. The van der Waals surface area contributed by atoms with Crippen molar-refractivity contribution in [2.45, 2.75) is 38.0 Å². The lowest BCUT2D eigenvalue weighted by Gasteiger charge is -2.38. The molecule has 0 radical (unpaired) electrons. The van der Waals surface area contributed by atoms with Crippen LogP contribution in [0.3, 0.4) is 0 Å². The van der Waals surface area contributed by atoms with E-state index < -0.39 is 0 Å². The molecule has 3 fully saturated rings. The molecule has 3 aliphatic carbocycles. The van der Waals surface area contributed by atoms with E-state index in [4.69, 9.17) is 0 Å². The molecule has 2 saturated carbocycles. The van der Waals surface area contributed by atoms with Crippen LogP contribution in [0.15, 0.2) is 29.3 Å². The van der Waals surface area contributed by atoms with Gasteiger partial charge in [0.1, 0.15) is 0 Å². The quantitative estimate of drug-likeness (QED) is 0.672. The molecule has 1 spiro atoms. The molecular weight excluding hydrogens is 282 g/mol. The standard InChI is InChI=1S/C20H27N3/c1-21-19(23-10-9-20(13-23)7-4-8-20)22-12-17-16-11-14-5-2-3-6-15(14)18(16)17/h2-3,5-6,16-18H,4,7-13H2,1H3,(H,21,22). The molecule has 1 aliphatic heterocycles. The number of benzene rings is 1. The van der Waals surface area contributed by atoms with E-state index in [1.165, 1.54) is 45.2 Å². The highest BCUT2D eigenvalue weighted by molar-refractivity contribution is 5.80.